The summed E-state index contributed by atoms with van der Waals surface area (Å²) in [4.78, 5) is 39.1. The number of rotatable bonds is 8. The topological polar surface area (TPSA) is 106 Å². The molecule has 1 saturated heterocycles. The van der Waals surface area contributed by atoms with Gasteiger partial charge >= 0.3 is 0 Å². The first-order valence-corrected chi connectivity index (χ1v) is 13.3. The highest BCUT2D eigenvalue weighted by molar-refractivity contribution is 7.14. The number of hydrogen-bond acceptors (Lipinski definition) is 6. The van der Waals surface area contributed by atoms with Gasteiger partial charge in [0.25, 0.3) is 0 Å². The molecule has 1 aliphatic rings. The molecule has 9 heteroatoms. The van der Waals surface area contributed by atoms with Crippen LogP contribution >= 0.6 is 11.3 Å². The van der Waals surface area contributed by atoms with Gasteiger partial charge in [-0.2, -0.15) is 0 Å². The Bertz CT molecular complexity index is 1370. The van der Waals surface area contributed by atoms with Gasteiger partial charge in [-0.05, 0) is 43.4 Å². The predicted octanol–water partition coefficient (Wildman–Crippen LogP) is 3.83. The van der Waals surface area contributed by atoms with Crippen LogP contribution in [0, 0.1) is 6.92 Å². The molecule has 0 spiro atoms. The molecule has 1 fully saturated rings. The number of amides is 1. The fourth-order valence-corrected chi connectivity index (χ4v) is 6.00. The standard InChI is InChI=1S/C27H32N6O2S/c1-4-20-24(17(3)34)16(2)30-25(20)22-15-36-27(32-22)33-12-11-28-14-23(33)26(35)29-10-9-19-13-18-7-5-6-8-21(18)31-19/h5-8,13,15,23,28,30-31H,4,9-12,14H2,1-3H3,(H,29,35). The van der Waals surface area contributed by atoms with E-state index in [1.54, 1.807) is 6.92 Å². The molecule has 4 aromatic rings. The first-order chi connectivity index (χ1) is 17.5. The van der Waals surface area contributed by atoms with Gasteiger partial charge in [-0.15, -0.1) is 11.3 Å². The number of piperazine rings is 1. The van der Waals surface area contributed by atoms with E-state index in [4.69, 9.17) is 4.98 Å². The number of benzene rings is 1. The summed E-state index contributed by atoms with van der Waals surface area (Å²) >= 11 is 1.53. The lowest BCUT2D eigenvalue weighted by atomic mass is 10.0. The van der Waals surface area contributed by atoms with Crippen molar-refractivity contribution >= 4 is 39.1 Å². The molecule has 1 atom stereocenters. The quantitative estimate of drug-likeness (QED) is 0.273. The summed E-state index contributed by atoms with van der Waals surface area (Å²) in [5.74, 6) is 0.0625. The van der Waals surface area contributed by atoms with E-state index in [1.165, 1.54) is 16.7 Å². The predicted molar refractivity (Wildman–Crippen MR) is 145 cm³/mol. The number of carbonyl (C=O) groups is 2. The molecule has 1 aliphatic heterocycles. The number of ketones is 1. The van der Waals surface area contributed by atoms with Crippen LogP contribution in [-0.2, 0) is 17.6 Å². The van der Waals surface area contributed by atoms with Crippen LogP contribution < -0.4 is 15.5 Å². The molecule has 0 aliphatic carbocycles. The molecule has 0 radical (unpaired) electrons. The van der Waals surface area contributed by atoms with Crippen molar-refractivity contribution in [3.05, 3.63) is 58.2 Å². The van der Waals surface area contributed by atoms with Crippen LogP contribution in [-0.4, -0.2) is 58.9 Å². The third-order valence-corrected chi connectivity index (χ3v) is 7.69. The molecule has 1 aromatic carbocycles. The number of aryl methyl sites for hydroxylation is 1. The normalized spacial score (nSPS) is 16.0. The van der Waals surface area contributed by atoms with E-state index in [1.807, 2.05) is 24.4 Å². The van der Waals surface area contributed by atoms with Gasteiger partial charge in [0.05, 0.1) is 5.69 Å². The minimum absolute atomic E-state index is 0.00103. The molecule has 1 unspecified atom stereocenters. The molecular weight excluding hydrogens is 472 g/mol. The Balaban J connectivity index is 1.29. The fraction of sp³-hybridized carbons (Fsp3) is 0.370. The molecule has 4 heterocycles. The molecular formula is C27H32N6O2S. The van der Waals surface area contributed by atoms with Crippen LogP contribution in [0.3, 0.4) is 0 Å². The second-order valence-corrected chi connectivity index (χ2v) is 10.1. The zero-order chi connectivity index (χ0) is 25.2. The van der Waals surface area contributed by atoms with Crippen molar-refractivity contribution in [3.63, 3.8) is 0 Å². The molecule has 0 bridgehead atoms. The number of anilines is 1. The first kappa shape index (κ1) is 24.3. The van der Waals surface area contributed by atoms with Crippen molar-refractivity contribution in [2.45, 2.75) is 39.7 Å². The molecule has 5 rings (SSSR count). The number of nitrogens with one attached hydrogen (secondary N) is 4. The van der Waals surface area contributed by atoms with E-state index in [2.05, 4.69) is 50.6 Å². The molecule has 36 heavy (non-hydrogen) atoms. The maximum Gasteiger partial charge on any atom is 0.244 e. The number of nitrogens with zero attached hydrogens (tertiary/aromatic N) is 2. The van der Waals surface area contributed by atoms with Crippen LogP contribution in [0.4, 0.5) is 5.13 Å². The molecule has 8 nitrogen and oxygen atoms in total. The van der Waals surface area contributed by atoms with Gasteiger partial charge < -0.3 is 25.5 Å². The Hall–Kier alpha value is -3.43. The van der Waals surface area contributed by atoms with Gasteiger partial charge in [0.15, 0.2) is 10.9 Å². The summed E-state index contributed by atoms with van der Waals surface area (Å²) in [5, 5.41) is 10.5. The Kier molecular flexibility index (Phi) is 6.93. The van der Waals surface area contributed by atoms with Gasteiger partial charge in [0, 0.05) is 60.4 Å². The van der Waals surface area contributed by atoms with Crippen molar-refractivity contribution in [1.82, 2.24) is 25.6 Å². The van der Waals surface area contributed by atoms with E-state index >= 15 is 0 Å². The summed E-state index contributed by atoms with van der Waals surface area (Å²) < 4.78 is 0. The average molecular weight is 505 g/mol. The van der Waals surface area contributed by atoms with Gasteiger partial charge in [-0.25, -0.2) is 4.98 Å². The average Bonchev–Trinajstić information content (AvgIpc) is 3.60. The van der Waals surface area contributed by atoms with Crippen LogP contribution in [0.5, 0.6) is 0 Å². The van der Waals surface area contributed by atoms with E-state index in [-0.39, 0.29) is 17.7 Å². The minimum atomic E-state index is -0.329. The van der Waals surface area contributed by atoms with Crippen LogP contribution in [0.2, 0.25) is 0 Å². The van der Waals surface area contributed by atoms with Crippen molar-refractivity contribution < 1.29 is 9.59 Å². The summed E-state index contributed by atoms with van der Waals surface area (Å²) in [6, 6.07) is 9.99. The van der Waals surface area contributed by atoms with Gasteiger partial charge in [-0.1, -0.05) is 25.1 Å². The van der Waals surface area contributed by atoms with E-state index < -0.39 is 0 Å². The minimum Gasteiger partial charge on any atom is -0.358 e. The van der Waals surface area contributed by atoms with Crippen molar-refractivity contribution in [2.75, 3.05) is 31.1 Å². The second kappa shape index (κ2) is 10.3. The van der Waals surface area contributed by atoms with E-state index in [9.17, 15) is 9.59 Å². The monoisotopic (exact) mass is 504 g/mol. The number of para-hydroxylation sites is 1. The Labute approximate surface area is 214 Å². The Morgan fingerprint density at radius 3 is 2.86 bits per heavy atom. The summed E-state index contributed by atoms with van der Waals surface area (Å²) in [7, 11) is 0. The third kappa shape index (κ3) is 4.68. The van der Waals surface area contributed by atoms with Crippen molar-refractivity contribution in [3.8, 4) is 11.4 Å². The fourth-order valence-electron chi connectivity index (χ4n) is 5.11. The molecule has 188 valence electrons. The SMILES string of the molecule is CCc1c(-c2csc(N3CCNCC3C(=O)NCCc3cc4ccccc4[nH]3)n2)[nH]c(C)c1C(C)=O. The summed E-state index contributed by atoms with van der Waals surface area (Å²) in [6.07, 6.45) is 1.49. The van der Waals surface area contributed by atoms with Gasteiger partial charge in [0.2, 0.25) is 5.91 Å². The lowest BCUT2D eigenvalue weighted by molar-refractivity contribution is -0.122. The lowest BCUT2D eigenvalue weighted by Gasteiger charge is -2.34. The number of aromatic nitrogens is 3. The number of aromatic amines is 2. The Morgan fingerprint density at radius 2 is 2.08 bits per heavy atom. The third-order valence-electron chi connectivity index (χ3n) is 6.82. The number of fused-ring (bicyclic) bond motifs is 1. The zero-order valence-electron chi connectivity index (χ0n) is 20.9. The van der Waals surface area contributed by atoms with Crippen molar-refractivity contribution in [1.29, 1.82) is 0 Å². The second-order valence-electron chi connectivity index (χ2n) is 9.24. The zero-order valence-corrected chi connectivity index (χ0v) is 21.7. The maximum atomic E-state index is 13.2. The number of hydrogen-bond donors (Lipinski definition) is 4. The number of carbonyl (C=O) groups excluding carboxylic acids is 2. The van der Waals surface area contributed by atoms with Crippen LogP contribution in [0.25, 0.3) is 22.3 Å². The highest BCUT2D eigenvalue weighted by Gasteiger charge is 2.31. The molecule has 3 aromatic heterocycles. The van der Waals surface area contributed by atoms with Gasteiger partial charge in [-0.3, -0.25) is 9.59 Å². The Morgan fingerprint density at radius 1 is 1.25 bits per heavy atom. The number of Topliss-reactive ketones (excluding diaryl/α,β-unsaturated/α-hetero) is 1. The van der Waals surface area contributed by atoms with Crippen molar-refractivity contribution in [2.24, 2.45) is 0 Å². The lowest BCUT2D eigenvalue weighted by Crippen LogP contribution is -2.58. The maximum absolute atomic E-state index is 13.2. The number of thiazole rings is 1. The summed E-state index contributed by atoms with van der Waals surface area (Å²) in [6.45, 7) is 8.23. The molecule has 1 amide bonds. The largest absolute Gasteiger partial charge is 0.358 e. The number of H-pyrrole nitrogens is 2. The first-order valence-electron chi connectivity index (χ1n) is 12.5. The summed E-state index contributed by atoms with van der Waals surface area (Å²) in [5.41, 5.74) is 6.58. The molecule has 4 N–H and O–H groups in total. The molecule has 0 saturated carbocycles. The van der Waals surface area contributed by atoms with Gasteiger partial charge in [0.1, 0.15) is 11.7 Å². The van der Waals surface area contributed by atoms with E-state index in [0.29, 0.717) is 19.6 Å². The highest BCUT2D eigenvalue weighted by atomic mass is 32.1. The van der Waals surface area contributed by atoms with Crippen LogP contribution in [0.1, 0.15) is 41.2 Å². The smallest absolute Gasteiger partial charge is 0.244 e. The van der Waals surface area contributed by atoms with E-state index in [0.717, 1.165) is 63.9 Å². The highest BCUT2D eigenvalue weighted by Crippen LogP contribution is 2.33. The van der Waals surface area contributed by atoms with Crippen LogP contribution in [0.15, 0.2) is 35.7 Å².